The number of hydrogen-bond donors (Lipinski definition) is 0. The second-order valence-corrected chi connectivity index (χ2v) is 3.65. The van der Waals surface area contributed by atoms with Crippen molar-refractivity contribution in [3.05, 3.63) is 0 Å². The summed E-state index contributed by atoms with van der Waals surface area (Å²) in [7, 11) is 1.28. The highest BCUT2D eigenvalue weighted by Crippen LogP contribution is 2.29. The molecule has 0 aromatic heterocycles. The highest BCUT2D eigenvalue weighted by molar-refractivity contribution is 5.76. The Morgan fingerprint density at radius 2 is 2.33 bits per heavy atom. The van der Waals surface area contributed by atoms with E-state index in [2.05, 4.69) is 4.74 Å². The molecule has 84 valence electrons. The van der Waals surface area contributed by atoms with E-state index < -0.39 is 18.0 Å². The van der Waals surface area contributed by atoms with Gasteiger partial charge in [-0.05, 0) is 12.8 Å². The fourth-order valence-corrected chi connectivity index (χ4v) is 1.79. The van der Waals surface area contributed by atoms with Gasteiger partial charge in [0.05, 0.1) is 13.0 Å². The molecule has 0 bridgehead atoms. The second-order valence-electron chi connectivity index (χ2n) is 3.65. The molecule has 1 saturated heterocycles. The zero-order valence-corrected chi connectivity index (χ0v) is 8.76. The normalized spacial score (nSPS) is 30.5. The van der Waals surface area contributed by atoms with Crippen LogP contribution in [0.4, 0.5) is 0 Å². The van der Waals surface area contributed by atoms with E-state index >= 15 is 0 Å². The summed E-state index contributed by atoms with van der Waals surface area (Å²) in [6.07, 6.45) is 0.464. The average Bonchev–Trinajstić information content (AvgIpc) is 2.17. The van der Waals surface area contributed by atoms with Crippen LogP contribution in [0.25, 0.3) is 0 Å². The van der Waals surface area contributed by atoms with Crippen molar-refractivity contribution in [1.29, 1.82) is 0 Å². The molecule has 0 saturated carbocycles. The molecule has 0 aromatic carbocycles. The summed E-state index contributed by atoms with van der Waals surface area (Å²) in [5, 5.41) is 0. The number of rotatable bonds is 3. The molecule has 0 spiro atoms. The number of cyclic esters (lactones) is 1. The molecule has 5 nitrogen and oxygen atoms in total. The van der Waals surface area contributed by atoms with E-state index in [1.807, 2.05) is 0 Å². The number of hydrogen-bond acceptors (Lipinski definition) is 5. The minimum absolute atomic E-state index is 0.0827. The predicted octanol–water partition coefficient (Wildman–Crippen LogP) is 0.316. The number of esters is 2. The van der Waals surface area contributed by atoms with Crippen molar-refractivity contribution in [3.8, 4) is 0 Å². The van der Waals surface area contributed by atoms with Gasteiger partial charge in [-0.25, -0.2) is 0 Å². The minimum atomic E-state index is -0.460. The number of ether oxygens (including phenoxy) is 2. The molecule has 1 heterocycles. The van der Waals surface area contributed by atoms with Gasteiger partial charge in [0.15, 0.2) is 0 Å². The quantitative estimate of drug-likeness (QED) is 0.499. The van der Waals surface area contributed by atoms with Gasteiger partial charge in [0, 0.05) is 12.8 Å². The van der Waals surface area contributed by atoms with Crippen molar-refractivity contribution < 1.29 is 23.9 Å². The van der Waals surface area contributed by atoms with E-state index in [1.165, 1.54) is 7.11 Å². The molecule has 0 radical (unpaired) electrons. The van der Waals surface area contributed by atoms with Crippen LogP contribution in [0.1, 0.15) is 19.8 Å². The summed E-state index contributed by atoms with van der Waals surface area (Å²) in [6.45, 7) is 1.65. The molecular formula is C10H14O5. The standard InChI is InChI=1S/C10H14O5/c1-6-8(5-11)7(3-9(12)14-2)4-10(13)15-6/h5-8H,3-4H2,1-2H3/t6-,7-,8-/m1/s1. The molecule has 0 amide bonds. The first-order chi connectivity index (χ1) is 7.08. The third-order valence-electron chi connectivity index (χ3n) is 2.65. The van der Waals surface area contributed by atoms with Crippen molar-refractivity contribution in [3.63, 3.8) is 0 Å². The monoisotopic (exact) mass is 214 g/mol. The molecule has 1 rings (SSSR count). The van der Waals surface area contributed by atoms with Crippen LogP contribution in [0, 0.1) is 11.8 Å². The van der Waals surface area contributed by atoms with E-state index in [0.29, 0.717) is 0 Å². The zero-order chi connectivity index (χ0) is 11.4. The van der Waals surface area contributed by atoms with Crippen LogP contribution in [0.5, 0.6) is 0 Å². The van der Waals surface area contributed by atoms with Gasteiger partial charge in [-0.3, -0.25) is 9.59 Å². The van der Waals surface area contributed by atoms with Gasteiger partial charge >= 0.3 is 11.9 Å². The average molecular weight is 214 g/mol. The zero-order valence-electron chi connectivity index (χ0n) is 8.76. The summed E-state index contributed by atoms with van der Waals surface area (Å²) in [5.41, 5.74) is 0. The molecule has 0 N–H and O–H groups in total. The van der Waals surface area contributed by atoms with E-state index in [-0.39, 0.29) is 24.7 Å². The fourth-order valence-electron chi connectivity index (χ4n) is 1.79. The van der Waals surface area contributed by atoms with Crippen LogP contribution in [0.3, 0.4) is 0 Å². The van der Waals surface area contributed by atoms with Crippen molar-refractivity contribution in [1.82, 2.24) is 0 Å². The molecule has 3 atom stereocenters. The number of carbonyl (C=O) groups excluding carboxylic acids is 3. The predicted molar refractivity (Wildman–Crippen MR) is 49.8 cm³/mol. The van der Waals surface area contributed by atoms with Gasteiger partial charge in [0.25, 0.3) is 0 Å². The van der Waals surface area contributed by atoms with E-state index in [0.717, 1.165) is 6.29 Å². The molecule has 15 heavy (non-hydrogen) atoms. The highest BCUT2D eigenvalue weighted by Gasteiger charge is 2.37. The molecule has 5 heteroatoms. The van der Waals surface area contributed by atoms with Crippen molar-refractivity contribution in [2.75, 3.05) is 7.11 Å². The summed E-state index contributed by atoms with van der Waals surface area (Å²) in [4.78, 5) is 33.0. The Labute approximate surface area is 87.7 Å². The van der Waals surface area contributed by atoms with E-state index in [1.54, 1.807) is 6.92 Å². The maximum absolute atomic E-state index is 11.1. The number of methoxy groups -OCH3 is 1. The van der Waals surface area contributed by atoms with Crippen LogP contribution in [-0.2, 0) is 23.9 Å². The van der Waals surface area contributed by atoms with Crippen LogP contribution < -0.4 is 0 Å². The number of aldehydes is 1. The molecule has 1 aliphatic rings. The molecular weight excluding hydrogens is 200 g/mol. The molecule has 0 unspecified atom stereocenters. The lowest BCUT2D eigenvalue weighted by molar-refractivity contribution is -0.163. The first-order valence-corrected chi connectivity index (χ1v) is 4.80. The van der Waals surface area contributed by atoms with Gasteiger partial charge in [-0.2, -0.15) is 0 Å². The largest absolute Gasteiger partial charge is 0.469 e. The smallest absolute Gasteiger partial charge is 0.306 e. The SMILES string of the molecule is COC(=O)C[C@@H]1CC(=O)O[C@H](C)[C@H]1C=O. The lowest BCUT2D eigenvalue weighted by Crippen LogP contribution is -2.39. The Balaban J connectivity index is 2.69. The second kappa shape index (κ2) is 4.91. The summed E-state index contributed by atoms with van der Waals surface area (Å²) >= 11 is 0. The maximum atomic E-state index is 11.1. The Hall–Kier alpha value is -1.39. The Morgan fingerprint density at radius 3 is 2.87 bits per heavy atom. The topological polar surface area (TPSA) is 69.7 Å². The summed E-state index contributed by atoms with van der Waals surface area (Å²) in [6, 6.07) is 0. The van der Waals surface area contributed by atoms with Gasteiger partial charge < -0.3 is 14.3 Å². The van der Waals surface area contributed by atoms with E-state index in [4.69, 9.17) is 4.74 Å². The summed E-state index contributed by atoms with van der Waals surface area (Å²) in [5.74, 6) is -1.49. The Kier molecular flexibility index (Phi) is 3.82. The van der Waals surface area contributed by atoms with Crippen LogP contribution in [-0.4, -0.2) is 31.4 Å². The fraction of sp³-hybridized carbons (Fsp3) is 0.700. The van der Waals surface area contributed by atoms with Crippen molar-refractivity contribution in [2.24, 2.45) is 11.8 Å². The van der Waals surface area contributed by atoms with Crippen molar-refractivity contribution in [2.45, 2.75) is 25.9 Å². The lowest BCUT2D eigenvalue weighted by Gasteiger charge is -2.31. The molecule has 0 aliphatic carbocycles. The Morgan fingerprint density at radius 1 is 1.67 bits per heavy atom. The minimum Gasteiger partial charge on any atom is -0.469 e. The van der Waals surface area contributed by atoms with Gasteiger partial charge in [0.1, 0.15) is 12.4 Å². The van der Waals surface area contributed by atoms with E-state index in [9.17, 15) is 14.4 Å². The van der Waals surface area contributed by atoms with Crippen LogP contribution in [0.2, 0.25) is 0 Å². The first-order valence-electron chi connectivity index (χ1n) is 4.80. The van der Waals surface area contributed by atoms with Gasteiger partial charge in [0.2, 0.25) is 0 Å². The highest BCUT2D eigenvalue weighted by atomic mass is 16.5. The lowest BCUT2D eigenvalue weighted by atomic mass is 9.82. The third-order valence-corrected chi connectivity index (χ3v) is 2.65. The van der Waals surface area contributed by atoms with Gasteiger partial charge in [-0.15, -0.1) is 0 Å². The van der Waals surface area contributed by atoms with Crippen LogP contribution >= 0.6 is 0 Å². The summed E-state index contributed by atoms with van der Waals surface area (Å²) < 4.78 is 9.42. The molecule has 0 aromatic rings. The third kappa shape index (κ3) is 2.78. The van der Waals surface area contributed by atoms with Gasteiger partial charge in [-0.1, -0.05) is 0 Å². The number of carbonyl (C=O) groups is 3. The molecule has 1 aliphatic heterocycles. The van der Waals surface area contributed by atoms with Crippen LogP contribution in [0.15, 0.2) is 0 Å². The Bertz CT molecular complexity index is 273. The maximum Gasteiger partial charge on any atom is 0.306 e. The molecule has 1 fully saturated rings. The first kappa shape index (κ1) is 11.7. The van der Waals surface area contributed by atoms with Crippen molar-refractivity contribution >= 4 is 18.2 Å².